The van der Waals surface area contributed by atoms with Crippen molar-refractivity contribution in [1.29, 1.82) is 0 Å². The van der Waals surface area contributed by atoms with E-state index in [2.05, 4.69) is 24.2 Å². The number of ether oxygens (including phenoxy) is 1. The summed E-state index contributed by atoms with van der Waals surface area (Å²) in [6, 6.07) is 0.673. The molecule has 1 saturated carbocycles. The molecule has 3 heteroatoms. The molecule has 0 saturated heterocycles. The molecule has 108 valence electrons. The minimum Gasteiger partial charge on any atom is -0.383 e. The number of hydrogen-bond donors (Lipinski definition) is 1. The fourth-order valence-electron chi connectivity index (χ4n) is 2.92. The minimum absolute atomic E-state index is 0.673. The summed E-state index contributed by atoms with van der Waals surface area (Å²) < 4.78 is 5.16. The second-order valence-electron chi connectivity index (χ2n) is 5.71. The molecule has 1 N–H and O–H groups in total. The monoisotopic (exact) mass is 256 g/mol. The van der Waals surface area contributed by atoms with Crippen LogP contribution in [0.2, 0.25) is 0 Å². The lowest BCUT2D eigenvalue weighted by Gasteiger charge is -2.34. The van der Waals surface area contributed by atoms with Gasteiger partial charge in [-0.1, -0.05) is 26.2 Å². The van der Waals surface area contributed by atoms with E-state index >= 15 is 0 Å². The van der Waals surface area contributed by atoms with Gasteiger partial charge in [0.2, 0.25) is 0 Å². The highest BCUT2D eigenvalue weighted by molar-refractivity contribution is 4.81. The Kier molecular flexibility index (Phi) is 8.64. The van der Waals surface area contributed by atoms with Gasteiger partial charge in [0.1, 0.15) is 0 Å². The molecule has 0 aromatic rings. The predicted molar refractivity (Wildman–Crippen MR) is 78.0 cm³/mol. The summed E-state index contributed by atoms with van der Waals surface area (Å²) in [7, 11) is 3.99. The Balaban J connectivity index is 2.37. The molecular formula is C15H32N2O. The third-order valence-electron chi connectivity index (χ3n) is 4.06. The van der Waals surface area contributed by atoms with Crippen LogP contribution in [0.3, 0.4) is 0 Å². The van der Waals surface area contributed by atoms with Gasteiger partial charge in [-0.15, -0.1) is 0 Å². The Morgan fingerprint density at radius 3 is 2.61 bits per heavy atom. The van der Waals surface area contributed by atoms with Gasteiger partial charge < -0.3 is 15.0 Å². The molecule has 0 spiro atoms. The van der Waals surface area contributed by atoms with Crippen LogP contribution in [0.1, 0.15) is 45.4 Å². The largest absolute Gasteiger partial charge is 0.383 e. The Labute approximate surface area is 113 Å². The van der Waals surface area contributed by atoms with Gasteiger partial charge in [0, 0.05) is 26.2 Å². The molecule has 0 bridgehead atoms. The smallest absolute Gasteiger partial charge is 0.0589 e. The number of nitrogens with one attached hydrogen (secondary N) is 1. The quantitative estimate of drug-likeness (QED) is 0.686. The molecule has 1 rings (SSSR count). The van der Waals surface area contributed by atoms with E-state index in [1.54, 1.807) is 7.11 Å². The van der Waals surface area contributed by atoms with Crippen molar-refractivity contribution in [2.45, 2.75) is 51.5 Å². The minimum atomic E-state index is 0.673. The maximum atomic E-state index is 5.16. The van der Waals surface area contributed by atoms with E-state index in [1.807, 2.05) is 0 Å². The van der Waals surface area contributed by atoms with Crippen LogP contribution in [0, 0.1) is 5.92 Å². The van der Waals surface area contributed by atoms with Gasteiger partial charge in [-0.05, 0) is 38.8 Å². The molecule has 0 heterocycles. The summed E-state index contributed by atoms with van der Waals surface area (Å²) >= 11 is 0. The molecule has 0 radical (unpaired) electrons. The molecule has 1 atom stereocenters. The van der Waals surface area contributed by atoms with Crippen LogP contribution >= 0.6 is 0 Å². The van der Waals surface area contributed by atoms with Crippen molar-refractivity contribution in [3.8, 4) is 0 Å². The lowest BCUT2D eigenvalue weighted by molar-refractivity contribution is 0.142. The Morgan fingerprint density at radius 2 is 2.00 bits per heavy atom. The zero-order valence-electron chi connectivity index (χ0n) is 12.6. The highest BCUT2D eigenvalue weighted by Crippen LogP contribution is 2.26. The van der Waals surface area contributed by atoms with E-state index < -0.39 is 0 Å². The van der Waals surface area contributed by atoms with E-state index in [-0.39, 0.29) is 0 Å². The molecule has 0 aliphatic heterocycles. The molecule has 0 aromatic heterocycles. The molecule has 3 nitrogen and oxygen atoms in total. The van der Waals surface area contributed by atoms with Crippen molar-refractivity contribution in [2.24, 2.45) is 5.92 Å². The van der Waals surface area contributed by atoms with E-state index in [0.29, 0.717) is 6.04 Å². The van der Waals surface area contributed by atoms with Crippen molar-refractivity contribution in [2.75, 3.05) is 40.4 Å². The Bertz CT molecular complexity index is 193. The van der Waals surface area contributed by atoms with Crippen LogP contribution in [0.4, 0.5) is 0 Å². The van der Waals surface area contributed by atoms with Gasteiger partial charge in [-0.25, -0.2) is 0 Å². The normalized spacial score (nSPS) is 19.3. The maximum absolute atomic E-state index is 5.16. The first-order valence-electron chi connectivity index (χ1n) is 7.68. The highest BCUT2D eigenvalue weighted by Gasteiger charge is 2.23. The third kappa shape index (κ3) is 6.17. The molecule has 1 fully saturated rings. The molecule has 1 unspecified atom stereocenters. The number of hydrogen-bond acceptors (Lipinski definition) is 3. The van der Waals surface area contributed by atoms with Crippen LogP contribution in [0.25, 0.3) is 0 Å². The van der Waals surface area contributed by atoms with E-state index in [9.17, 15) is 0 Å². The van der Waals surface area contributed by atoms with Crippen molar-refractivity contribution >= 4 is 0 Å². The number of methoxy groups -OCH3 is 1. The molecule has 0 aromatic carbocycles. The fraction of sp³-hybridized carbons (Fsp3) is 1.00. The second-order valence-corrected chi connectivity index (χ2v) is 5.71. The van der Waals surface area contributed by atoms with Gasteiger partial charge in [-0.3, -0.25) is 0 Å². The number of likely N-dealkylation sites (N-methyl/N-ethyl adjacent to an activating group) is 1. The first-order chi connectivity index (χ1) is 8.77. The summed E-state index contributed by atoms with van der Waals surface area (Å²) in [4.78, 5) is 2.41. The van der Waals surface area contributed by atoms with Crippen LogP contribution < -0.4 is 5.32 Å². The van der Waals surface area contributed by atoms with Crippen LogP contribution in [-0.4, -0.2) is 51.3 Å². The van der Waals surface area contributed by atoms with Gasteiger partial charge >= 0.3 is 0 Å². The average molecular weight is 256 g/mol. The van der Waals surface area contributed by atoms with E-state index in [1.165, 1.54) is 38.5 Å². The first kappa shape index (κ1) is 15.9. The Morgan fingerprint density at radius 1 is 1.28 bits per heavy atom. The van der Waals surface area contributed by atoms with Crippen LogP contribution in [0.15, 0.2) is 0 Å². The standard InChI is InChI=1S/C15H32N2O/c1-4-10-16-15(13-17(2)11-12-18-3)14-8-6-5-7-9-14/h14-16H,4-13H2,1-3H3. The first-order valence-corrected chi connectivity index (χ1v) is 7.68. The number of nitrogens with zero attached hydrogens (tertiary/aromatic N) is 1. The van der Waals surface area contributed by atoms with Crippen LogP contribution in [0.5, 0.6) is 0 Å². The summed E-state index contributed by atoms with van der Waals surface area (Å²) in [5.41, 5.74) is 0. The Hall–Kier alpha value is -0.120. The summed E-state index contributed by atoms with van der Waals surface area (Å²) in [6.45, 7) is 6.43. The van der Waals surface area contributed by atoms with Crippen LogP contribution in [-0.2, 0) is 4.74 Å². The summed E-state index contributed by atoms with van der Waals surface area (Å²) in [5.74, 6) is 0.885. The van der Waals surface area contributed by atoms with Gasteiger partial charge in [0.25, 0.3) is 0 Å². The molecular weight excluding hydrogens is 224 g/mol. The molecule has 0 amide bonds. The van der Waals surface area contributed by atoms with E-state index in [0.717, 1.165) is 32.2 Å². The number of rotatable bonds is 9. The zero-order valence-corrected chi connectivity index (χ0v) is 12.6. The summed E-state index contributed by atoms with van der Waals surface area (Å²) in [5, 5.41) is 3.76. The third-order valence-corrected chi connectivity index (χ3v) is 4.06. The lowest BCUT2D eigenvalue weighted by atomic mass is 9.83. The van der Waals surface area contributed by atoms with Crippen molar-refractivity contribution in [1.82, 2.24) is 10.2 Å². The predicted octanol–water partition coefficient (Wildman–Crippen LogP) is 2.51. The van der Waals surface area contributed by atoms with E-state index in [4.69, 9.17) is 4.74 Å². The maximum Gasteiger partial charge on any atom is 0.0589 e. The lowest BCUT2D eigenvalue weighted by Crippen LogP contribution is -2.46. The highest BCUT2D eigenvalue weighted by atomic mass is 16.5. The SMILES string of the molecule is CCCNC(CN(C)CCOC)C1CCCCC1. The van der Waals surface area contributed by atoms with Gasteiger partial charge in [0.05, 0.1) is 6.61 Å². The molecule has 1 aliphatic carbocycles. The van der Waals surface area contributed by atoms with Crippen molar-refractivity contribution < 1.29 is 4.74 Å². The van der Waals surface area contributed by atoms with Crippen molar-refractivity contribution in [3.63, 3.8) is 0 Å². The van der Waals surface area contributed by atoms with Crippen molar-refractivity contribution in [3.05, 3.63) is 0 Å². The zero-order chi connectivity index (χ0) is 13.2. The van der Waals surface area contributed by atoms with Gasteiger partial charge in [-0.2, -0.15) is 0 Å². The molecule has 18 heavy (non-hydrogen) atoms. The fourth-order valence-corrected chi connectivity index (χ4v) is 2.92. The average Bonchev–Trinajstić information content (AvgIpc) is 2.42. The summed E-state index contributed by atoms with van der Waals surface area (Å²) in [6.07, 6.45) is 8.36. The second kappa shape index (κ2) is 9.76. The van der Waals surface area contributed by atoms with Gasteiger partial charge in [0.15, 0.2) is 0 Å². The molecule has 1 aliphatic rings. The topological polar surface area (TPSA) is 24.5 Å².